The largest absolute Gasteiger partial charge is 0.617 e. The fourth-order valence-electron chi connectivity index (χ4n) is 2.72. The van der Waals surface area contributed by atoms with E-state index >= 15 is 0 Å². The summed E-state index contributed by atoms with van der Waals surface area (Å²) in [6.07, 6.45) is 2.54. The van der Waals surface area contributed by atoms with Crippen LogP contribution >= 0.6 is 15.9 Å². The smallest absolute Gasteiger partial charge is 0.119 e. The van der Waals surface area contributed by atoms with Crippen LogP contribution in [-0.2, 0) is 16.5 Å². The first kappa shape index (κ1) is 18.4. The monoisotopic (exact) mass is 394 g/mol. The van der Waals surface area contributed by atoms with E-state index in [4.69, 9.17) is 4.74 Å². The lowest BCUT2D eigenvalue weighted by molar-refractivity contribution is 0.317. The molecule has 1 unspecified atom stereocenters. The summed E-state index contributed by atoms with van der Waals surface area (Å²) in [5, 5.41) is 0.860. The molecule has 0 radical (unpaired) electrons. The van der Waals surface area contributed by atoms with Crippen LogP contribution in [-0.4, -0.2) is 23.2 Å². The van der Waals surface area contributed by atoms with Crippen LogP contribution in [0.5, 0.6) is 5.75 Å². The predicted molar refractivity (Wildman–Crippen MR) is 103 cm³/mol. The molecule has 0 saturated carbocycles. The van der Waals surface area contributed by atoms with Crippen LogP contribution in [0.15, 0.2) is 36.4 Å². The van der Waals surface area contributed by atoms with E-state index in [0.29, 0.717) is 12.4 Å². The lowest BCUT2D eigenvalue weighted by Crippen LogP contribution is -2.08. The van der Waals surface area contributed by atoms with Crippen molar-refractivity contribution >= 4 is 27.1 Å². The molecule has 0 fully saturated rings. The molecule has 0 heterocycles. The third-order valence-electron chi connectivity index (χ3n) is 3.72. The highest BCUT2D eigenvalue weighted by Crippen LogP contribution is 2.31. The highest BCUT2D eigenvalue weighted by molar-refractivity contribution is 9.08. The lowest BCUT2D eigenvalue weighted by Gasteiger charge is -2.14. The van der Waals surface area contributed by atoms with Crippen molar-refractivity contribution in [2.75, 3.05) is 18.6 Å². The summed E-state index contributed by atoms with van der Waals surface area (Å²) < 4.78 is 16.9. The van der Waals surface area contributed by atoms with Crippen molar-refractivity contribution in [2.24, 2.45) is 0 Å². The van der Waals surface area contributed by atoms with Gasteiger partial charge in [-0.05, 0) is 53.8 Å². The zero-order chi connectivity index (χ0) is 16.8. The maximum atomic E-state index is 11.1. The Morgan fingerprint density at radius 1 is 1.13 bits per heavy atom. The maximum absolute atomic E-state index is 11.1. The van der Waals surface area contributed by atoms with E-state index in [0.717, 1.165) is 17.5 Å². The SMILES string of the molecule is Cc1cc(OCCC[S+](C)[O-])cc(C)c1-c1cccc(CBr)c1. The second-order valence-corrected chi connectivity index (χ2v) is 7.86. The van der Waals surface area contributed by atoms with Crippen molar-refractivity contribution in [3.63, 3.8) is 0 Å². The molecule has 2 aromatic carbocycles. The molecule has 0 aliphatic heterocycles. The van der Waals surface area contributed by atoms with Crippen LogP contribution < -0.4 is 4.74 Å². The molecular formula is C19H23BrO2S. The van der Waals surface area contributed by atoms with E-state index in [1.54, 1.807) is 6.26 Å². The molecular weight excluding hydrogens is 372 g/mol. The molecule has 124 valence electrons. The minimum absolute atomic E-state index is 0.608. The molecule has 0 spiro atoms. The number of benzene rings is 2. The molecule has 4 heteroatoms. The summed E-state index contributed by atoms with van der Waals surface area (Å²) in [7, 11) is 0. The van der Waals surface area contributed by atoms with Gasteiger partial charge in [0.05, 0.1) is 12.9 Å². The van der Waals surface area contributed by atoms with Crippen molar-refractivity contribution < 1.29 is 9.29 Å². The van der Waals surface area contributed by atoms with E-state index in [9.17, 15) is 4.55 Å². The zero-order valence-corrected chi connectivity index (χ0v) is 16.3. The number of ether oxygens (including phenoxy) is 1. The van der Waals surface area contributed by atoms with Gasteiger partial charge in [0.15, 0.2) is 0 Å². The van der Waals surface area contributed by atoms with Gasteiger partial charge < -0.3 is 9.29 Å². The third-order valence-corrected chi connectivity index (χ3v) is 5.23. The Hall–Kier alpha value is -0.970. The Labute approximate surface area is 150 Å². The van der Waals surface area contributed by atoms with Crippen LogP contribution in [0.1, 0.15) is 23.1 Å². The normalized spacial score (nSPS) is 12.2. The van der Waals surface area contributed by atoms with Crippen molar-refractivity contribution in [1.82, 2.24) is 0 Å². The first-order chi connectivity index (χ1) is 11.0. The molecule has 0 saturated heterocycles. The molecule has 0 aliphatic carbocycles. The average Bonchev–Trinajstić information content (AvgIpc) is 2.51. The van der Waals surface area contributed by atoms with E-state index < -0.39 is 11.2 Å². The predicted octanol–water partition coefficient (Wildman–Crippen LogP) is 5.01. The summed E-state index contributed by atoms with van der Waals surface area (Å²) in [6, 6.07) is 12.8. The fraction of sp³-hybridized carbons (Fsp3) is 0.368. The van der Waals surface area contributed by atoms with Gasteiger partial charge in [0, 0.05) is 11.8 Å². The average molecular weight is 395 g/mol. The standard InChI is InChI=1S/C19H23BrO2S/c1-14-10-18(22-8-5-9-23(3)21)11-15(2)19(14)17-7-4-6-16(12-17)13-20/h4,6-7,10-12H,5,8-9,13H2,1-3H3. The third kappa shape index (κ3) is 5.27. The van der Waals surface area contributed by atoms with Crippen LogP contribution in [0.3, 0.4) is 0 Å². The van der Waals surface area contributed by atoms with Crippen molar-refractivity contribution in [2.45, 2.75) is 25.6 Å². The van der Waals surface area contributed by atoms with Gasteiger partial charge in [0.2, 0.25) is 0 Å². The van der Waals surface area contributed by atoms with E-state index in [-0.39, 0.29) is 0 Å². The quantitative estimate of drug-likeness (QED) is 0.375. The molecule has 0 N–H and O–H groups in total. The number of aryl methyl sites for hydroxylation is 2. The van der Waals surface area contributed by atoms with Gasteiger partial charge in [-0.15, -0.1) is 0 Å². The van der Waals surface area contributed by atoms with Crippen LogP contribution in [0.25, 0.3) is 11.1 Å². The summed E-state index contributed by atoms with van der Waals surface area (Å²) in [4.78, 5) is 0. The number of alkyl halides is 1. The first-order valence-electron chi connectivity index (χ1n) is 7.70. The Balaban J connectivity index is 2.16. The Kier molecular flexibility index (Phi) is 7.00. The Morgan fingerprint density at radius 3 is 2.43 bits per heavy atom. The molecule has 1 atom stereocenters. The minimum atomic E-state index is -0.748. The highest BCUT2D eigenvalue weighted by Gasteiger charge is 2.09. The number of rotatable bonds is 7. The molecule has 23 heavy (non-hydrogen) atoms. The number of halogens is 1. The van der Waals surface area contributed by atoms with E-state index in [1.807, 2.05) is 0 Å². The van der Waals surface area contributed by atoms with Gasteiger partial charge >= 0.3 is 0 Å². The topological polar surface area (TPSA) is 32.3 Å². The molecule has 0 amide bonds. The summed E-state index contributed by atoms with van der Waals surface area (Å²) in [5.41, 5.74) is 6.21. The van der Waals surface area contributed by atoms with E-state index in [2.05, 4.69) is 66.2 Å². The van der Waals surface area contributed by atoms with Gasteiger partial charge in [0.25, 0.3) is 0 Å². The zero-order valence-electron chi connectivity index (χ0n) is 13.9. The Bertz CT molecular complexity index is 633. The van der Waals surface area contributed by atoms with Crippen molar-refractivity contribution in [3.05, 3.63) is 53.1 Å². The fourth-order valence-corrected chi connectivity index (χ4v) is 3.60. The molecule has 0 aliphatic rings. The molecule has 2 rings (SSSR count). The molecule has 0 aromatic heterocycles. The Morgan fingerprint density at radius 2 is 1.83 bits per heavy atom. The van der Waals surface area contributed by atoms with Crippen molar-refractivity contribution in [1.29, 1.82) is 0 Å². The van der Waals surface area contributed by atoms with Crippen LogP contribution in [0.4, 0.5) is 0 Å². The number of hydrogen-bond acceptors (Lipinski definition) is 2. The molecule has 0 bridgehead atoms. The highest BCUT2D eigenvalue weighted by atomic mass is 79.9. The van der Waals surface area contributed by atoms with E-state index in [1.165, 1.54) is 27.8 Å². The van der Waals surface area contributed by atoms with Gasteiger partial charge in [-0.1, -0.05) is 51.4 Å². The van der Waals surface area contributed by atoms with Crippen LogP contribution in [0, 0.1) is 13.8 Å². The first-order valence-corrected chi connectivity index (χ1v) is 10.6. The van der Waals surface area contributed by atoms with Gasteiger partial charge in [-0.3, -0.25) is 0 Å². The minimum Gasteiger partial charge on any atom is -0.617 e. The van der Waals surface area contributed by atoms with Gasteiger partial charge in [-0.2, -0.15) is 0 Å². The molecule has 2 aromatic rings. The maximum Gasteiger partial charge on any atom is 0.119 e. The number of hydrogen-bond donors (Lipinski definition) is 0. The summed E-state index contributed by atoms with van der Waals surface area (Å²) >= 11 is 2.77. The summed E-state index contributed by atoms with van der Waals surface area (Å²) in [6.45, 7) is 4.85. The second kappa shape index (κ2) is 8.76. The second-order valence-electron chi connectivity index (χ2n) is 5.75. The summed E-state index contributed by atoms with van der Waals surface area (Å²) in [5.74, 6) is 1.58. The lowest BCUT2D eigenvalue weighted by atomic mass is 9.94. The molecule has 2 nitrogen and oxygen atoms in total. The van der Waals surface area contributed by atoms with Gasteiger partial charge in [-0.25, -0.2) is 0 Å². The van der Waals surface area contributed by atoms with Gasteiger partial charge in [0.1, 0.15) is 11.5 Å². The van der Waals surface area contributed by atoms with Crippen molar-refractivity contribution in [3.8, 4) is 16.9 Å². The van der Waals surface area contributed by atoms with Crippen LogP contribution in [0.2, 0.25) is 0 Å².